The van der Waals surface area contributed by atoms with Crippen LogP contribution in [0.1, 0.15) is 30.9 Å². The average molecular weight is 345 g/mol. The molecule has 0 unspecified atom stereocenters. The summed E-state index contributed by atoms with van der Waals surface area (Å²) in [6, 6.07) is 14.9. The Morgan fingerprint density at radius 1 is 1.15 bits per heavy atom. The maximum atomic E-state index is 6.21. The highest BCUT2D eigenvalue weighted by Crippen LogP contribution is 2.33. The van der Waals surface area contributed by atoms with Crippen LogP contribution in [0.5, 0.6) is 0 Å². The van der Waals surface area contributed by atoms with E-state index in [0.29, 0.717) is 12.3 Å². The van der Waals surface area contributed by atoms with Crippen LogP contribution in [0.25, 0.3) is 17.2 Å². The zero-order chi connectivity index (χ0) is 18.7. The summed E-state index contributed by atoms with van der Waals surface area (Å²) in [7, 11) is 2.08. The van der Waals surface area contributed by atoms with Crippen molar-refractivity contribution < 1.29 is 0 Å². The minimum atomic E-state index is 0.626. The smallest absolute Gasteiger partial charge is 0.104 e. The summed E-state index contributed by atoms with van der Waals surface area (Å²) in [5.74, 6) is 0.627. The molecule has 0 amide bonds. The topological polar surface area (TPSA) is 41.6 Å². The highest BCUT2D eigenvalue weighted by Gasteiger charge is 2.15. The quantitative estimate of drug-likeness (QED) is 0.799. The Labute approximate surface area is 156 Å². The van der Waals surface area contributed by atoms with Crippen LogP contribution in [0.15, 0.2) is 65.3 Å². The summed E-state index contributed by atoms with van der Waals surface area (Å²) in [6.07, 6.45) is 3.89. The fourth-order valence-electron chi connectivity index (χ4n) is 3.22. The SMILES string of the molecule is C=C(C1=Cc2ccc(-c3ccc(C)cc3)cc2N=C(N)C1)N(C)CCC. The van der Waals surface area contributed by atoms with Gasteiger partial charge in [0.1, 0.15) is 5.84 Å². The lowest BCUT2D eigenvalue weighted by Gasteiger charge is -2.23. The Morgan fingerprint density at radius 3 is 2.54 bits per heavy atom. The van der Waals surface area contributed by atoms with E-state index in [-0.39, 0.29) is 0 Å². The second-order valence-electron chi connectivity index (χ2n) is 6.96. The monoisotopic (exact) mass is 345 g/mol. The van der Waals surface area contributed by atoms with Crippen molar-refractivity contribution in [1.29, 1.82) is 0 Å². The van der Waals surface area contributed by atoms with Gasteiger partial charge in [0, 0.05) is 31.3 Å². The molecule has 134 valence electrons. The molecule has 1 aliphatic heterocycles. The lowest BCUT2D eigenvalue weighted by Crippen LogP contribution is -2.21. The molecular weight excluding hydrogens is 318 g/mol. The predicted molar refractivity (Wildman–Crippen MR) is 113 cm³/mol. The molecule has 0 aliphatic carbocycles. The number of hydrogen-bond donors (Lipinski definition) is 1. The van der Waals surface area contributed by atoms with Crippen LogP contribution >= 0.6 is 0 Å². The number of aryl methyl sites for hydroxylation is 1. The van der Waals surface area contributed by atoms with Crippen LogP contribution < -0.4 is 5.73 Å². The Hall–Kier alpha value is -2.81. The first-order valence-electron chi connectivity index (χ1n) is 9.13. The van der Waals surface area contributed by atoms with E-state index < -0.39 is 0 Å². The van der Waals surface area contributed by atoms with E-state index in [1.165, 1.54) is 11.1 Å². The molecule has 3 rings (SSSR count). The Morgan fingerprint density at radius 2 is 1.85 bits per heavy atom. The van der Waals surface area contributed by atoms with Gasteiger partial charge in [0.2, 0.25) is 0 Å². The van der Waals surface area contributed by atoms with E-state index in [1.54, 1.807) is 0 Å². The first-order valence-corrected chi connectivity index (χ1v) is 9.13. The van der Waals surface area contributed by atoms with E-state index in [0.717, 1.165) is 41.1 Å². The van der Waals surface area contributed by atoms with Crippen LogP contribution in [0.3, 0.4) is 0 Å². The highest BCUT2D eigenvalue weighted by molar-refractivity contribution is 5.92. The molecule has 1 aliphatic rings. The lowest BCUT2D eigenvalue weighted by atomic mass is 9.99. The molecule has 3 heteroatoms. The van der Waals surface area contributed by atoms with Crippen molar-refractivity contribution in [2.24, 2.45) is 10.7 Å². The van der Waals surface area contributed by atoms with Crippen molar-refractivity contribution in [2.75, 3.05) is 13.6 Å². The average Bonchev–Trinajstić information content (AvgIpc) is 2.79. The molecule has 0 aromatic heterocycles. The van der Waals surface area contributed by atoms with Crippen LogP contribution in [0.4, 0.5) is 5.69 Å². The molecule has 0 fully saturated rings. The largest absolute Gasteiger partial charge is 0.387 e. The molecule has 2 aromatic rings. The molecule has 2 aromatic carbocycles. The summed E-state index contributed by atoms with van der Waals surface area (Å²) in [6.45, 7) is 9.51. The van der Waals surface area contributed by atoms with Gasteiger partial charge in [-0.3, -0.25) is 0 Å². The van der Waals surface area contributed by atoms with E-state index in [2.05, 4.69) is 85.9 Å². The maximum absolute atomic E-state index is 6.21. The third-order valence-corrected chi connectivity index (χ3v) is 4.77. The first-order chi connectivity index (χ1) is 12.5. The molecule has 1 heterocycles. The number of nitrogens with zero attached hydrogens (tertiary/aromatic N) is 2. The fraction of sp³-hybridized carbons (Fsp3) is 0.261. The van der Waals surface area contributed by atoms with Gasteiger partial charge in [-0.1, -0.05) is 55.5 Å². The van der Waals surface area contributed by atoms with Gasteiger partial charge in [-0.25, -0.2) is 4.99 Å². The second kappa shape index (κ2) is 7.61. The number of likely N-dealkylation sites (N-methyl/N-ethyl adjacent to an activating group) is 1. The molecule has 0 saturated heterocycles. The molecule has 3 nitrogen and oxygen atoms in total. The Kier molecular flexibility index (Phi) is 5.27. The molecule has 0 bridgehead atoms. The number of allylic oxidation sites excluding steroid dienone is 1. The molecule has 2 N–H and O–H groups in total. The zero-order valence-corrected chi connectivity index (χ0v) is 15.9. The van der Waals surface area contributed by atoms with Crippen molar-refractivity contribution in [1.82, 2.24) is 4.90 Å². The third-order valence-electron chi connectivity index (χ3n) is 4.77. The van der Waals surface area contributed by atoms with E-state index in [4.69, 9.17) is 5.73 Å². The molecule has 0 atom stereocenters. The Balaban J connectivity index is 1.98. The summed E-state index contributed by atoms with van der Waals surface area (Å²) < 4.78 is 0. The number of hydrogen-bond acceptors (Lipinski definition) is 3. The van der Waals surface area contributed by atoms with Crippen LogP contribution in [-0.2, 0) is 0 Å². The van der Waals surface area contributed by atoms with Crippen molar-refractivity contribution >= 4 is 17.6 Å². The van der Waals surface area contributed by atoms with Gasteiger partial charge in [0.15, 0.2) is 0 Å². The van der Waals surface area contributed by atoms with E-state index in [9.17, 15) is 0 Å². The first kappa shape index (κ1) is 18.0. The van der Waals surface area contributed by atoms with Crippen molar-refractivity contribution in [2.45, 2.75) is 26.7 Å². The maximum Gasteiger partial charge on any atom is 0.104 e. The second-order valence-corrected chi connectivity index (χ2v) is 6.96. The van der Waals surface area contributed by atoms with Gasteiger partial charge in [-0.2, -0.15) is 0 Å². The number of benzene rings is 2. The number of rotatable bonds is 5. The third kappa shape index (κ3) is 3.88. The summed E-state index contributed by atoms with van der Waals surface area (Å²) in [4.78, 5) is 6.85. The summed E-state index contributed by atoms with van der Waals surface area (Å²) >= 11 is 0. The molecular formula is C23H27N3. The molecule has 0 radical (unpaired) electrons. The minimum Gasteiger partial charge on any atom is -0.387 e. The van der Waals surface area contributed by atoms with Crippen LogP contribution in [-0.4, -0.2) is 24.3 Å². The summed E-state index contributed by atoms with van der Waals surface area (Å²) in [5, 5.41) is 0. The van der Waals surface area contributed by atoms with Crippen molar-refractivity contribution in [3.05, 3.63) is 71.4 Å². The van der Waals surface area contributed by atoms with Crippen molar-refractivity contribution in [3.8, 4) is 11.1 Å². The molecule has 0 spiro atoms. The van der Waals surface area contributed by atoms with Gasteiger partial charge < -0.3 is 10.6 Å². The highest BCUT2D eigenvalue weighted by atomic mass is 15.1. The van der Waals surface area contributed by atoms with Crippen LogP contribution in [0.2, 0.25) is 0 Å². The van der Waals surface area contributed by atoms with Gasteiger partial charge in [-0.05, 0) is 42.2 Å². The lowest BCUT2D eigenvalue weighted by molar-refractivity contribution is 0.425. The summed E-state index contributed by atoms with van der Waals surface area (Å²) in [5.41, 5.74) is 14.0. The number of nitrogens with two attached hydrogens (primary N) is 1. The predicted octanol–water partition coefficient (Wildman–Crippen LogP) is 5.29. The van der Waals surface area contributed by atoms with Gasteiger partial charge in [0.25, 0.3) is 0 Å². The normalized spacial score (nSPS) is 13.3. The standard InChI is InChI=1S/C23H27N3/c1-5-12-26(4)17(3)21-13-20-11-10-19(14-22(20)25-23(24)15-21)18-8-6-16(2)7-9-18/h6-11,13-14H,3,5,12,15H2,1-2,4H3,(H2,24,25). The van der Waals surface area contributed by atoms with E-state index in [1.807, 2.05) is 0 Å². The van der Waals surface area contributed by atoms with Crippen LogP contribution in [0, 0.1) is 6.92 Å². The van der Waals surface area contributed by atoms with E-state index >= 15 is 0 Å². The number of aliphatic imine (C=N–C) groups is 1. The zero-order valence-electron chi connectivity index (χ0n) is 15.9. The molecule has 0 saturated carbocycles. The Bertz CT molecular complexity index is 873. The van der Waals surface area contributed by atoms with Gasteiger partial charge in [0.05, 0.1) is 5.69 Å². The van der Waals surface area contributed by atoms with Gasteiger partial charge >= 0.3 is 0 Å². The van der Waals surface area contributed by atoms with Crippen molar-refractivity contribution in [3.63, 3.8) is 0 Å². The minimum absolute atomic E-state index is 0.626. The number of amidine groups is 1. The number of fused-ring (bicyclic) bond motifs is 1. The molecule has 26 heavy (non-hydrogen) atoms. The fourth-order valence-corrected chi connectivity index (χ4v) is 3.22. The van der Waals surface area contributed by atoms with Gasteiger partial charge in [-0.15, -0.1) is 0 Å².